The van der Waals surface area contributed by atoms with Gasteiger partial charge in [-0.3, -0.25) is 4.79 Å². The third-order valence-corrected chi connectivity index (χ3v) is 6.12. The van der Waals surface area contributed by atoms with Gasteiger partial charge in [-0.25, -0.2) is 0 Å². The van der Waals surface area contributed by atoms with Crippen LogP contribution in [0.4, 0.5) is 18.9 Å². The van der Waals surface area contributed by atoms with Crippen molar-refractivity contribution in [1.82, 2.24) is 0 Å². The predicted molar refractivity (Wildman–Crippen MR) is 134 cm³/mol. The molecule has 0 radical (unpaired) electrons. The minimum absolute atomic E-state index is 0.133. The third-order valence-electron chi connectivity index (χ3n) is 5.07. The van der Waals surface area contributed by atoms with Crippen LogP contribution in [0.15, 0.2) is 54.6 Å². The SMILES string of the molecule is CCOc1cc(/C=C2\C(=O)Nc3cc(C(F)(F)F)ccc32)cc(I)c1OCc1ccc(Cl)cc1. The van der Waals surface area contributed by atoms with E-state index in [1.165, 1.54) is 6.07 Å². The highest BCUT2D eigenvalue weighted by atomic mass is 127. The van der Waals surface area contributed by atoms with E-state index in [1.807, 2.05) is 25.1 Å². The normalized spacial score (nSPS) is 14.2. The van der Waals surface area contributed by atoms with Crippen molar-refractivity contribution in [2.75, 3.05) is 11.9 Å². The smallest absolute Gasteiger partial charge is 0.416 e. The van der Waals surface area contributed by atoms with E-state index in [-0.39, 0.29) is 11.3 Å². The van der Waals surface area contributed by atoms with E-state index in [9.17, 15) is 18.0 Å². The van der Waals surface area contributed by atoms with Crippen molar-refractivity contribution < 1.29 is 27.4 Å². The van der Waals surface area contributed by atoms with Gasteiger partial charge in [-0.2, -0.15) is 13.2 Å². The quantitative estimate of drug-likeness (QED) is 0.237. The van der Waals surface area contributed by atoms with Crippen LogP contribution in [0, 0.1) is 3.57 Å². The number of hydrogen-bond acceptors (Lipinski definition) is 3. The second kappa shape index (κ2) is 9.87. The Balaban J connectivity index is 1.65. The second-order valence-electron chi connectivity index (χ2n) is 7.45. The molecule has 3 aromatic carbocycles. The summed E-state index contributed by atoms with van der Waals surface area (Å²) in [5.74, 6) is 0.595. The van der Waals surface area contributed by atoms with E-state index in [2.05, 4.69) is 27.9 Å². The number of hydrogen-bond donors (Lipinski definition) is 1. The van der Waals surface area contributed by atoms with Gasteiger partial charge >= 0.3 is 6.18 Å². The molecule has 0 saturated carbocycles. The maximum Gasteiger partial charge on any atom is 0.416 e. The van der Waals surface area contributed by atoms with Crippen LogP contribution >= 0.6 is 34.2 Å². The summed E-state index contributed by atoms with van der Waals surface area (Å²) in [5, 5.41) is 3.15. The van der Waals surface area contributed by atoms with E-state index < -0.39 is 17.6 Å². The van der Waals surface area contributed by atoms with Gasteiger partial charge < -0.3 is 14.8 Å². The lowest BCUT2D eigenvalue weighted by atomic mass is 10.0. The summed E-state index contributed by atoms with van der Waals surface area (Å²) in [5.41, 5.74) is 1.60. The van der Waals surface area contributed by atoms with Crippen LogP contribution in [0.2, 0.25) is 5.02 Å². The Hall–Kier alpha value is -2.72. The molecule has 4 rings (SSSR count). The fourth-order valence-corrected chi connectivity index (χ4v) is 4.40. The second-order valence-corrected chi connectivity index (χ2v) is 9.05. The molecular weight excluding hydrogens is 582 g/mol. The van der Waals surface area contributed by atoms with Crippen molar-refractivity contribution in [3.8, 4) is 11.5 Å². The molecule has 0 saturated heterocycles. The summed E-state index contributed by atoms with van der Waals surface area (Å²) in [4.78, 5) is 12.5. The molecule has 0 bridgehead atoms. The molecule has 4 nitrogen and oxygen atoms in total. The van der Waals surface area contributed by atoms with Gasteiger partial charge in [0.1, 0.15) is 6.61 Å². The Bertz CT molecular complexity index is 1270. The van der Waals surface area contributed by atoms with Crippen LogP contribution in [0.1, 0.15) is 29.2 Å². The Kier molecular flexibility index (Phi) is 7.09. The molecule has 3 aromatic rings. The van der Waals surface area contributed by atoms with E-state index in [0.717, 1.165) is 21.3 Å². The number of anilines is 1. The number of rotatable bonds is 6. The zero-order chi connectivity index (χ0) is 24.5. The summed E-state index contributed by atoms with van der Waals surface area (Å²) in [6.45, 7) is 2.56. The van der Waals surface area contributed by atoms with Crippen LogP contribution in [0.25, 0.3) is 11.6 Å². The van der Waals surface area contributed by atoms with Gasteiger partial charge in [-0.1, -0.05) is 29.8 Å². The lowest BCUT2D eigenvalue weighted by Gasteiger charge is -2.15. The lowest BCUT2D eigenvalue weighted by Crippen LogP contribution is -2.06. The minimum atomic E-state index is -4.49. The molecule has 1 amide bonds. The van der Waals surface area contributed by atoms with Gasteiger partial charge in [0.15, 0.2) is 11.5 Å². The maximum atomic E-state index is 13.0. The predicted octanol–water partition coefficient (Wildman–Crippen LogP) is 7.43. The van der Waals surface area contributed by atoms with Crippen LogP contribution in [0.3, 0.4) is 0 Å². The topological polar surface area (TPSA) is 47.6 Å². The number of ether oxygens (including phenoxy) is 2. The molecule has 0 aliphatic carbocycles. The zero-order valence-corrected chi connectivity index (χ0v) is 20.7. The van der Waals surface area contributed by atoms with Gasteiger partial charge in [0.2, 0.25) is 0 Å². The number of amides is 1. The Morgan fingerprint density at radius 2 is 1.79 bits per heavy atom. The number of carbonyl (C=O) groups excluding carboxylic acids is 1. The molecule has 0 atom stereocenters. The average Bonchev–Trinajstić information content (AvgIpc) is 3.08. The number of alkyl halides is 3. The van der Waals surface area contributed by atoms with Crippen molar-refractivity contribution >= 4 is 57.4 Å². The largest absolute Gasteiger partial charge is 0.490 e. The number of nitrogens with one attached hydrogen (secondary N) is 1. The maximum absolute atomic E-state index is 13.0. The highest BCUT2D eigenvalue weighted by Crippen LogP contribution is 2.40. The Labute approximate surface area is 212 Å². The van der Waals surface area contributed by atoms with Gasteiger partial charge in [-0.05, 0) is 83.1 Å². The number of carbonyl (C=O) groups is 1. The first-order valence-electron chi connectivity index (χ1n) is 10.2. The Morgan fingerprint density at radius 1 is 1.06 bits per heavy atom. The fraction of sp³-hybridized carbons (Fsp3) is 0.160. The van der Waals surface area contributed by atoms with Crippen molar-refractivity contribution in [3.63, 3.8) is 0 Å². The van der Waals surface area contributed by atoms with E-state index in [0.29, 0.717) is 40.9 Å². The molecule has 9 heteroatoms. The number of halogens is 5. The molecular formula is C25H18ClF3INO3. The van der Waals surface area contributed by atoms with Crippen molar-refractivity contribution in [3.05, 3.63) is 85.4 Å². The van der Waals surface area contributed by atoms with Gasteiger partial charge in [0, 0.05) is 21.8 Å². The van der Waals surface area contributed by atoms with Crippen LogP contribution in [0.5, 0.6) is 11.5 Å². The summed E-state index contributed by atoms with van der Waals surface area (Å²) in [6, 6.07) is 14.1. The van der Waals surface area contributed by atoms with Crippen molar-refractivity contribution in [2.24, 2.45) is 0 Å². The highest BCUT2D eigenvalue weighted by Gasteiger charge is 2.33. The monoisotopic (exact) mass is 599 g/mol. The van der Waals surface area contributed by atoms with Crippen LogP contribution in [-0.4, -0.2) is 12.5 Å². The molecule has 34 heavy (non-hydrogen) atoms. The fourth-order valence-electron chi connectivity index (χ4n) is 3.49. The first kappa shape index (κ1) is 24.4. The van der Waals surface area contributed by atoms with E-state index in [4.69, 9.17) is 21.1 Å². The Morgan fingerprint density at radius 3 is 2.47 bits per heavy atom. The average molecular weight is 600 g/mol. The van der Waals surface area contributed by atoms with Crippen molar-refractivity contribution in [2.45, 2.75) is 19.7 Å². The molecule has 0 unspecified atom stereocenters. The molecule has 0 aromatic heterocycles. The van der Waals surface area contributed by atoms with Gasteiger partial charge in [-0.15, -0.1) is 0 Å². The molecule has 1 aliphatic heterocycles. The molecule has 176 valence electrons. The molecule has 1 N–H and O–H groups in total. The first-order valence-corrected chi connectivity index (χ1v) is 11.7. The number of benzene rings is 3. The lowest BCUT2D eigenvalue weighted by molar-refractivity contribution is -0.137. The zero-order valence-electron chi connectivity index (χ0n) is 17.8. The standard InChI is InChI=1S/C25H18ClF3INO3/c1-2-33-22-11-15(10-20(30)23(22)34-13-14-3-6-17(26)7-4-14)9-19-18-8-5-16(25(27,28)29)12-21(18)31-24(19)32/h3-12H,2,13H2,1H3,(H,31,32)/b19-9-. The molecule has 0 spiro atoms. The summed E-state index contributed by atoms with van der Waals surface area (Å²) in [6.07, 6.45) is -2.86. The molecule has 0 fully saturated rings. The molecule has 1 heterocycles. The summed E-state index contributed by atoms with van der Waals surface area (Å²) in [7, 11) is 0. The van der Waals surface area contributed by atoms with E-state index >= 15 is 0 Å². The van der Waals surface area contributed by atoms with Crippen molar-refractivity contribution in [1.29, 1.82) is 0 Å². The van der Waals surface area contributed by atoms with E-state index in [1.54, 1.807) is 24.3 Å². The van der Waals surface area contributed by atoms with Crippen LogP contribution in [-0.2, 0) is 17.6 Å². The third kappa shape index (κ3) is 5.33. The number of fused-ring (bicyclic) bond motifs is 1. The highest BCUT2D eigenvalue weighted by molar-refractivity contribution is 14.1. The summed E-state index contributed by atoms with van der Waals surface area (Å²) < 4.78 is 51.6. The van der Waals surface area contributed by atoms with Gasteiger partial charge in [0.25, 0.3) is 5.91 Å². The minimum Gasteiger partial charge on any atom is -0.490 e. The summed E-state index contributed by atoms with van der Waals surface area (Å²) >= 11 is 8.05. The van der Waals surface area contributed by atoms with Crippen LogP contribution < -0.4 is 14.8 Å². The first-order chi connectivity index (χ1) is 16.2. The van der Waals surface area contributed by atoms with Gasteiger partial charge in [0.05, 0.1) is 15.7 Å². The molecule has 1 aliphatic rings.